The van der Waals surface area contributed by atoms with Gasteiger partial charge in [0.25, 0.3) is 5.69 Å². The van der Waals surface area contributed by atoms with Crippen LogP contribution in [0.25, 0.3) is 0 Å². The fraction of sp³-hybridized carbons (Fsp3) is 0.632. The summed E-state index contributed by atoms with van der Waals surface area (Å²) in [6.45, 7) is 2.48. The summed E-state index contributed by atoms with van der Waals surface area (Å²) in [6, 6.07) is 4.77. The Morgan fingerprint density at radius 3 is 2.58 bits per heavy atom. The summed E-state index contributed by atoms with van der Waals surface area (Å²) in [6.07, 6.45) is 5.89. The summed E-state index contributed by atoms with van der Waals surface area (Å²) in [5.41, 5.74) is 0.610. The Morgan fingerprint density at radius 1 is 1.19 bits per heavy atom. The van der Waals surface area contributed by atoms with Gasteiger partial charge in [-0.25, -0.2) is 0 Å². The zero-order valence-electron chi connectivity index (χ0n) is 14.8. The minimum Gasteiger partial charge on any atom is -0.362 e. The van der Waals surface area contributed by atoms with E-state index in [1.54, 1.807) is 12.1 Å². The van der Waals surface area contributed by atoms with Crippen molar-refractivity contribution in [1.82, 2.24) is 4.90 Å². The molecule has 2 bridgehead atoms. The van der Waals surface area contributed by atoms with E-state index in [1.165, 1.54) is 31.7 Å². The van der Waals surface area contributed by atoms with E-state index >= 15 is 0 Å². The third-order valence-electron chi connectivity index (χ3n) is 6.43. The smallest absolute Gasteiger partial charge is 0.294 e. The summed E-state index contributed by atoms with van der Waals surface area (Å²) < 4.78 is 0. The molecule has 4 rings (SSSR count). The van der Waals surface area contributed by atoms with Gasteiger partial charge in [0, 0.05) is 43.7 Å². The Bertz CT molecular complexity index is 718. The molecule has 1 amide bonds. The number of anilines is 1. The summed E-state index contributed by atoms with van der Waals surface area (Å²) in [5.74, 6) is 2.46. The summed E-state index contributed by atoms with van der Waals surface area (Å²) in [4.78, 5) is 27.5. The number of nitro groups is 1. The molecule has 3 aliphatic rings. The minimum absolute atomic E-state index is 0.0271. The Labute approximate surface area is 158 Å². The van der Waals surface area contributed by atoms with Crippen molar-refractivity contribution in [3.63, 3.8) is 0 Å². The van der Waals surface area contributed by atoms with Crippen molar-refractivity contribution in [3.05, 3.63) is 33.3 Å². The van der Waals surface area contributed by atoms with Crippen LogP contribution in [0.1, 0.15) is 32.1 Å². The lowest BCUT2D eigenvalue weighted by atomic mass is 9.86. The van der Waals surface area contributed by atoms with Gasteiger partial charge in [0.15, 0.2) is 0 Å². The lowest BCUT2D eigenvalue weighted by Gasteiger charge is -2.36. The first-order valence-electron chi connectivity index (χ1n) is 9.48. The van der Waals surface area contributed by atoms with Gasteiger partial charge >= 0.3 is 0 Å². The number of carbonyl (C=O) groups excluding carboxylic acids is 1. The van der Waals surface area contributed by atoms with E-state index in [-0.39, 0.29) is 11.6 Å². The predicted molar refractivity (Wildman–Crippen MR) is 100 cm³/mol. The second-order valence-electron chi connectivity index (χ2n) is 7.90. The molecule has 2 aliphatic carbocycles. The van der Waals surface area contributed by atoms with Crippen molar-refractivity contribution in [2.24, 2.45) is 17.8 Å². The van der Waals surface area contributed by atoms with Crippen molar-refractivity contribution in [2.75, 3.05) is 31.1 Å². The first-order chi connectivity index (χ1) is 12.5. The number of carbonyl (C=O) groups is 1. The van der Waals surface area contributed by atoms with Crippen molar-refractivity contribution in [3.8, 4) is 0 Å². The van der Waals surface area contributed by atoms with Gasteiger partial charge in [-0.05, 0) is 49.1 Å². The van der Waals surface area contributed by atoms with Crippen LogP contribution >= 0.6 is 11.6 Å². The van der Waals surface area contributed by atoms with E-state index in [2.05, 4.69) is 0 Å². The number of nitro benzene ring substituents is 1. The molecule has 1 aromatic carbocycles. The molecule has 1 aromatic rings. The first kappa shape index (κ1) is 17.6. The lowest BCUT2D eigenvalue weighted by Crippen LogP contribution is -2.49. The summed E-state index contributed by atoms with van der Waals surface area (Å²) >= 11 is 5.90. The van der Waals surface area contributed by atoms with Crippen molar-refractivity contribution < 1.29 is 9.72 Å². The fourth-order valence-electron chi connectivity index (χ4n) is 5.09. The summed E-state index contributed by atoms with van der Waals surface area (Å²) in [7, 11) is 0. The Morgan fingerprint density at radius 2 is 1.96 bits per heavy atom. The molecule has 7 heteroatoms. The fourth-order valence-corrected chi connectivity index (χ4v) is 5.25. The number of rotatable bonds is 4. The molecule has 1 aliphatic heterocycles. The SMILES string of the molecule is O=C(C[C@H]1C[C@H]2CC[C@@H]1C2)N1CCN(c2ccc(Cl)cc2[N+](=O)[O-])CC1. The molecule has 26 heavy (non-hydrogen) atoms. The highest BCUT2D eigenvalue weighted by Gasteiger charge is 2.40. The standard InChI is InChI=1S/C19H24ClN3O3/c20-16-3-4-17(18(12-16)23(25)26)21-5-7-22(8-6-21)19(24)11-15-10-13-1-2-14(15)9-13/h3-4,12-15H,1-2,5-11H2/t13-,14+,15+/m0/s1. The largest absolute Gasteiger partial charge is 0.362 e. The summed E-state index contributed by atoms with van der Waals surface area (Å²) in [5, 5.41) is 11.7. The molecule has 0 unspecified atom stereocenters. The lowest BCUT2D eigenvalue weighted by molar-refractivity contribution is -0.384. The van der Waals surface area contributed by atoms with E-state index in [0.717, 1.165) is 11.8 Å². The number of benzene rings is 1. The highest BCUT2D eigenvalue weighted by molar-refractivity contribution is 6.30. The molecule has 6 nitrogen and oxygen atoms in total. The van der Waals surface area contributed by atoms with E-state index in [9.17, 15) is 14.9 Å². The quantitative estimate of drug-likeness (QED) is 0.592. The van der Waals surface area contributed by atoms with Crippen LogP contribution in [0, 0.1) is 27.9 Å². The maximum atomic E-state index is 12.7. The zero-order chi connectivity index (χ0) is 18.3. The number of fused-ring (bicyclic) bond motifs is 2. The molecule has 1 saturated heterocycles. The highest BCUT2D eigenvalue weighted by atomic mass is 35.5. The predicted octanol–water partition coefficient (Wildman–Crippen LogP) is 3.72. The van der Waals surface area contributed by atoms with Gasteiger partial charge in [0.05, 0.1) is 4.92 Å². The minimum atomic E-state index is -0.395. The van der Waals surface area contributed by atoms with Gasteiger partial charge in [-0.2, -0.15) is 0 Å². The average molecular weight is 378 g/mol. The molecule has 3 atom stereocenters. The van der Waals surface area contributed by atoms with Gasteiger partial charge in [0.1, 0.15) is 5.69 Å². The number of amides is 1. The molecule has 0 N–H and O–H groups in total. The van der Waals surface area contributed by atoms with Crippen LogP contribution in [0.4, 0.5) is 11.4 Å². The van der Waals surface area contributed by atoms with Gasteiger partial charge in [0.2, 0.25) is 5.91 Å². The second-order valence-corrected chi connectivity index (χ2v) is 8.33. The monoisotopic (exact) mass is 377 g/mol. The normalized spacial score (nSPS) is 27.8. The maximum Gasteiger partial charge on any atom is 0.294 e. The van der Waals surface area contributed by atoms with Gasteiger partial charge in [-0.15, -0.1) is 0 Å². The Hall–Kier alpha value is -1.82. The van der Waals surface area contributed by atoms with Crippen LogP contribution in [0.3, 0.4) is 0 Å². The molecular formula is C19H24ClN3O3. The highest BCUT2D eigenvalue weighted by Crippen LogP contribution is 2.49. The third-order valence-corrected chi connectivity index (χ3v) is 6.66. The van der Waals surface area contributed by atoms with Gasteiger partial charge in [-0.3, -0.25) is 14.9 Å². The van der Waals surface area contributed by atoms with Crippen LogP contribution in [-0.2, 0) is 4.79 Å². The van der Waals surface area contributed by atoms with E-state index in [4.69, 9.17) is 11.6 Å². The van der Waals surface area contributed by atoms with Gasteiger partial charge in [-0.1, -0.05) is 18.0 Å². The molecule has 2 saturated carbocycles. The number of nitrogens with zero attached hydrogens (tertiary/aromatic N) is 3. The third kappa shape index (κ3) is 3.39. The van der Waals surface area contributed by atoms with E-state index in [0.29, 0.717) is 49.2 Å². The number of hydrogen-bond donors (Lipinski definition) is 0. The number of piperazine rings is 1. The van der Waals surface area contributed by atoms with Crippen LogP contribution < -0.4 is 4.90 Å². The number of halogens is 1. The molecule has 0 radical (unpaired) electrons. The van der Waals surface area contributed by atoms with E-state index < -0.39 is 4.92 Å². The first-order valence-corrected chi connectivity index (χ1v) is 9.85. The maximum absolute atomic E-state index is 12.7. The van der Waals surface area contributed by atoms with Crippen molar-refractivity contribution in [2.45, 2.75) is 32.1 Å². The molecule has 3 fully saturated rings. The Balaban J connectivity index is 1.35. The molecule has 1 heterocycles. The molecule has 0 aromatic heterocycles. The van der Waals surface area contributed by atoms with Crippen molar-refractivity contribution in [1.29, 1.82) is 0 Å². The molecule has 140 valence electrons. The van der Waals surface area contributed by atoms with Crippen LogP contribution in [0.5, 0.6) is 0 Å². The Kier molecular flexibility index (Phi) is 4.78. The zero-order valence-corrected chi connectivity index (χ0v) is 15.5. The number of hydrogen-bond acceptors (Lipinski definition) is 4. The van der Waals surface area contributed by atoms with Gasteiger partial charge < -0.3 is 9.80 Å². The van der Waals surface area contributed by atoms with E-state index in [1.807, 2.05) is 9.80 Å². The molecular weight excluding hydrogens is 354 g/mol. The topological polar surface area (TPSA) is 66.7 Å². The van der Waals surface area contributed by atoms with Crippen molar-refractivity contribution >= 4 is 28.9 Å². The second kappa shape index (κ2) is 7.06. The van der Waals surface area contributed by atoms with Crippen LogP contribution in [0.2, 0.25) is 5.02 Å². The van der Waals surface area contributed by atoms with Crippen LogP contribution in [-0.4, -0.2) is 41.9 Å². The molecule has 0 spiro atoms. The average Bonchev–Trinajstić information content (AvgIpc) is 3.25. The van der Waals surface area contributed by atoms with Crippen LogP contribution in [0.15, 0.2) is 18.2 Å².